The predicted octanol–water partition coefficient (Wildman–Crippen LogP) is 3.88. The van der Waals surface area contributed by atoms with E-state index in [0.717, 1.165) is 0 Å². The largest absolute Gasteiger partial charge is 0.381 e. The van der Waals surface area contributed by atoms with Gasteiger partial charge in [-0.15, -0.1) is 0 Å². The number of para-hydroxylation sites is 1. The third kappa shape index (κ3) is 1.75. The summed E-state index contributed by atoms with van der Waals surface area (Å²) in [5.74, 6) is 2.06. The van der Waals surface area contributed by atoms with Crippen LogP contribution in [0.2, 0.25) is 0 Å². The van der Waals surface area contributed by atoms with Gasteiger partial charge in [0.2, 0.25) is 0 Å². The molecule has 1 heterocycles. The van der Waals surface area contributed by atoms with Crippen LogP contribution in [-0.2, 0) is 0 Å². The Labute approximate surface area is 92.9 Å². The fourth-order valence-electron chi connectivity index (χ4n) is 2.74. The molecular weight excluding hydrogens is 182 g/mol. The van der Waals surface area contributed by atoms with Crippen molar-refractivity contribution in [3.05, 3.63) is 29.8 Å². The topological polar surface area (TPSA) is 12.0 Å². The molecule has 0 fully saturated rings. The van der Waals surface area contributed by atoms with Gasteiger partial charge in [0.1, 0.15) is 0 Å². The van der Waals surface area contributed by atoms with Crippen molar-refractivity contribution in [2.24, 2.45) is 11.8 Å². The molecule has 0 radical (unpaired) electrons. The molecule has 1 nitrogen and oxygen atoms in total. The third-order valence-corrected chi connectivity index (χ3v) is 3.47. The van der Waals surface area contributed by atoms with E-state index in [4.69, 9.17) is 0 Å². The highest BCUT2D eigenvalue weighted by Crippen LogP contribution is 2.42. The van der Waals surface area contributed by atoms with E-state index in [1.165, 1.54) is 11.3 Å². The molecule has 0 spiro atoms. The molecule has 2 rings (SSSR count). The van der Waals surface area contributed by atoms with Gasteiger partial charge in [-0.1, -0.05) is 45.9 Å². The monoisotopic (exact) mass is 203 g/mol. The highest BCUT2D eigenvalue weighted by Gasteiger charge is 2.35. The van der Waals surface area contributed by atoms with Gasteiger partial charge in [0.25, 0.3) is 0 Å². The van der Waals surface area contributed by atoms with Gasteiger partial charge in [-0.25, -0.2) is 0 Å². The Kier molecular flexibility index (Phi) is 2.72. The summed E-state index contributed by atoms with van der Waals surface area (Å²) in [5, 5.41) is 3.67. The van der Waals surface area contributed by atoms with Crippen LogP contribution in [-0.4, -0.2) is 6.04 Å². The van der Waals surface area contributed by atoms with Gasteiger partial charge in [0.15, 0.2) is 0 Å². The van der Waals surface area contributed by atoms with Crippen molar-refractivity contribution in [2.75, 3.05) is 5.32 Å². The first-order chi connectivity index (χ1) is 7.11. The van der Waals surface area contributed by atoms with Crippen LogP contribution in [0.5, 0.6) is 0 Å². The molecule has 1 heteroatoms. The first kappa shape index (κ1) is 10.5. The van der Waals surface area contributed by atoms with Crippen molar-refractivity contribution in [3.63, 3.8) is 0 Å². The predicted molar refractivity (Wildman–Crippen MR) is 66.3 cm³/mol. The SMILES string of the molecule is CC(C)C1Nc2ccccc2C1C(C)C. The first-order valence-corrected chi connectivity index (χ1v) is 5.96. The number of anilines is 1. The number of benzene rings is 1. The molecule has 82 valence electrons. The smallest absolute Gasteiger partial charge is 0.0378 e. The van der Waals surface area contributed by atoms with Crippen LogP contribution in [0.1, 0.15) is 39.2 Å². The van der Waals surface area contributed by atoms with E-state index in [0.29, 0.717) is 23.8 Å². The molecule has 1 aliphatic heterocycles. The standard InChI is InChI=1S/C14H21N/c1-9(2)13-11-7-5-6-8-12(11)15-14(13)10(3)4/h5-10,13-15H,1-4H3. The van der Waals surface area contributed by atoms with Crippen molar-refractivity contribution in [2.45, 2.75) is 39.7 Å². The zero-order chi connectivity index (χ0) is 11.0. The van der Waals surface area contributed by atoms with Gasteiger partial charge in [0.05, 0.1) is 0 Å². The lowest BCUT2D eigenvalue weighted by Crippen LogP contribution is -2.29. The molecule has 15 heavy (non-hydrogen) atoms. The quantitative estimate of drug-likeness (QED) is 0.769. The minimum atomic E-state index is 0.599. The second-order valence-electron chi connectivity index (χ2n) is 5.27. The summed E-state index contributed by atoms with van der Waals surface area (Å²) in [5.41, 5.74) is 2.85. The molecule has 1 aromatic rings. The summed E-state index contributed by atoms with van der Waals surface area (Å²) < 4.78 is 0. The normalized spacial score (nSPS) is 24.4. The summed E-state index contributed by atoms with van der Waals surface area (Å²) in [6.45, 7) is 9.26. The second kappa shape index (κ2) is 3.88. The minimum absolute atomic E-state index is 0.599. The lowest BCUT2D eigenvalue weighted by molar-refractivity contribution is 0.385. The van der Waals surface area contributed by atoms with Crippen molar-refractivity contribution in [1.82, 2.24) is 0 Å². The molecule has 0 bridgehead atoms. The Bertz CT molecular complexity index is 341. The highest BCUT2D eigenvalue weighted by atomic mass is 15.0. The lowest BCUT2D eigenvalue weighted by Gasteiger charge is -2.26. The molecule has 0 amide bonds. The Morgan fingerprint density at radius 1 is 1.00 bits per heavy atom. The summed E-state index contributed by atoms with van der Waals surface area (Å²) >= 11 is 0. The Balaban J connectivity index is 2.38. The maximum Gasteiger partial charge on any atom is 0.0378 e. The zero-order valence-corrected chi connectivity index (χ0v) is 10.1. The van der Waals surface area contributed by atoms with Crippen LogP contribution in [0.15, 0.2) is 24.3 Å². The molecule has 1 aromatic carbocycles. The zero-order valence-electron chi connectivity index (χ0n) is 10.1. The van der Waals surface area contributed by atoms with E-state index in [-0.39, 0.29) is 0 Å². The molecule has 0 aromatic heterocycles. The van der Waals surface area contributed by atoms with Crippen LogP contribution in [0.25, 0.3) is 0 Å². The van der Waals surface area contributed by atoms with Gasteiger partial charge in [-0.05, 0) is 23.5 Å². The van der Waals surface area contributed by atoms with Crippen LogP contribution >= 0.6 is 0 Å². The molecular formula is C14H21N. The number of hydrogen-bond donors (Lipinski definition) is 1. The fourth-order valence-corrected chi connectivity index (χ4v) is 2.74. The summed E-state index contributed by atoms with van der Waals surface area (Å²) in [6, 6.07) is 9.34. The van der Waals surface area contributed by atoms with Crippen molar-refractivity contribution >= 4 is 5.69 Å². The summed E-state index contributed by atoms with van der Waals surface area (Å²) in [6.07, 6.45) is 0. The van der Waals surface area contributed by atoms with Crippen LogP contribution in [0, 0.1) is 11.8 Å². The molecule has 0 saturated carbocycles. The minimum Gasteiger partial charge on any atom is -0.381 e. The van der Waals surface area contributed by atoms with Crippen LogP contribution < -0.4 is 5.32 Å². The Morgan fingerprint density at radius 2 is 1.67 bits per heavy atom. The molecule has 1 N–H and O–H groups in total. The number of nitrogens with one attached hydrogen (secondary N) is 1. The van der Waals surface area contributed by atoms with Crippen molar-refractivity contribution in [1.29, 1.82) is 0 Å². The Hall–Kier alpha value is -0.980. The van der Waals surface area contributed by atoms with E-state index in [1.807, 2.05) is 0 Å². The number of hydrogen-bond acceptors (Lipinski definition) is 1. The number of fused-ring (bicyclic) bond motifs is 1. The molecule has 1 aliphatic rings. The third-order valence-electron chi connectivity index (χ3n) is 3.47. The lowest BCUT2D eigenvalue weighted by atomic mass is 9.81. The second-order valence-corrected chi connectivity index (χ2v) is 5.27. The summed E-state index contributed by atoms with van der Waals surface area (Å²) in [7, 11) is 0. The van der Waals surface area contributed by atoms with E-state index < -0.39 is 0 Å². The van der Waals surface area contributed by atoms with Gasteiger partial charge in [-0.2, -0.15) is 0 Å². The maximum absolute atomic E-state index is 3.67. The van der Waals surface area contributed by atoms with E-state index in [2.05, 4.69) is 57.3 Å². The van der Waals surface area contributed by atoms with Crippen LogP contribution in [0.3, 0.4) is 0 Å². The van der Waals surface area contributed by atoms with Crippen molar-refractivity contribution < 1.29 is 0 Å². The van der Waals surface area contributed by atoms with Gasteiger partial charge in [-0.3, -0.25) is 0 Å². The maximum atomic E-state index is 3.67. The Morgan fingerprint density at radius 3 is 2.27 bits per heavy atom. The van der Waals surface area contributed by atoms with E-state index in [1.54, 1.807) is 0 Å². The van der Waals surface area contributed by atoms with Gasteiger partial charge in [0, 0.05) is 17.6 Å². The number of rotatable bonds is 2. The summed E-state index contributed by atoms with van der Waals surface area (Å²) in [4.78, 5) is 0. The molecule has 0 aliphatic carbocycles. The van der Waals surface area contributed by atoms with Crippen molar-refractivity contribution in [3.8, 4) is 0 Å². The molecule has 2 unspecified atom stereocenters. The highest BCUT2D eigenvalue weighted by molar-refractivity contribution is 5.59. The van der Waals surface area contributed by atoms with Gasteiger partial charge >= 0.3 is 0 Å². The average molecular weight is 203 g/mol. The first-order valence-electron chi connectivity index (χ1n) is 5.96. The van der Waals surface area contributed by atoms with E-state index in [9.17, 15) is 0 Å². The average Bonchev–Trinajstić information content (AvgIpc) is 2.56. The molecule has 2 atom stereocenters. The fraction of sp³-hybridized carbons (Fsp3) is 0.571. The van der Waals surface area contributed by atoms with Crippen LogP contribution in [0.4, 0.5) is 5.69 Å². The van der Waals surface area contributed by atoms with Gasteiger partial charge < -0.3 is 5.32 Å². The molecule has 0 saturated heterocycles. The van der Waals surface area contributed by atoms with E-state index >= 15 is 0 Å².